The van der Waals surface area contributed by atoms with Crippen molar-refractivity contribution in [3.63, 3.8) is 0 Å². The first-order valence-corrected chi connectivity index (χ1v) is 9.20. The van der Waals surface area contributed by atoms with E-state index in [9.17, 15) is 4.79 Å². The average molecular weight is 426 g/mol. The largest absolute Gasteiger partial charge is 0.497 e. The molecule has 0 saturated carbocycles. The monoisotopic (exact) mass is 425 g/mol. The Morgan fingerprint density at radius 2 is 2.07 bits per heavy atom. The number of halogens is 2. The van der Waals surface area contributed by atoms with Crippen molar-refractivity contribution in [2.75, 3.05) is 45.7 Å². The fourth-order valence-corrected chi connectivity index (χ4v) is 3.45. The summed E-state index contributed by atoms with van der Waals surface area (Å²) in [7, 11) is 3.16. The number of benzene rings is 2. The molecule has 0 bridgehead atoms. The first-order chi connectivity index (χ1) is 13.1. The van der Waals surface area contributed by atoms with Gasteiger partial charge in [0.1, 0.15) is 11.5 Å². The zero-order valence-corrected chi connectivity index (χ0v) is 17.5. The molecular weight excluding hydrogens is 401 g/mol. The van der Waals surface area contributed by atoms with Gasteiger partial charge in [-0.25, -0.2) is 0 Å². The van der Waals surface area contributed by atoms with E-state index in [0.29, 0.717) is 22.2 Å². The fourth-order valence-electron chi connectivity index (χ4n) is 3.25. The number of rotatable bonds is 6. The Balaban J connectivity index is 0.00000280. The van der Waals surface area contributed by atoms with Crippen LogP contribution in [-0.2, 0) is 4.79 Å². The maximum Gasteiger partial charge on any atom is 0.238 e. The molecule has 1 aliphatic heterocycles. The number of nitrogens with one attached hydrogen (secondary N) is 2. The summed E-state index contributed by atoms with van der Waals surface area (Å²) in [6, 6.07) is 13.2. The van der Waals surface area contributed by atoms with Crippen molar-refractivity contribution in [1.82, 2.24) is 10.2 Å². The van der Waals surface area contributed by atoms with Crippen molar-refractivity contribution in [3.05, 3.63) is 53.1 Å². The van der Waals surface area contributed by atoms with E-state index >= 15 is 0 Å². The number of amides is 1. The van der Waals surface area contributed by atoms with E-state index < -0.39 is 0 Å². The molecule has 1 atom stereocenters. The zero-order valence-electron chi connectivity index (χ0n) is 15.9. The first kappa shape index (κ1) is 22.3. The molecule has 2 aromatic rings. The molecule has 0 radical (unpaired) electrons. The highest BCUT2D eigenvalue weighted by molar-refractivity contribution is 6.30. The summed E-state index contributed by atoms with van der Waals surface area (Å²) in [5, 5.41) is 7.02. The van der Waals surface area contributed by atoms with Crippen molar-refractivity contribution in [3.8, 4) is 11.5 Å². The predicted octanol–water partition coefficient (Wildman–Crippen LogP) is 3.36. The minimum Gasteiger partial charge on any atom is -0.497 e. The number of anilines is 1. The van der Waals surface area contributed by atoms with Crippen LogP contribution in [0.5, 0.6) is 11.5 Å². The lowest BCUT2D eigenvalue weighted by Gasteiger charge is -2.36. The van der Waals surface area contributed by atoms with Gasteiger partial charge in [0.05, 0.1) is 26.5 Å². The normalized spacial score (nSPS) is 16.8. The van der Waals surface area contributed by atoms with Crippen LogP contribution in [0.1, 0.15) is 11.6 Å². The van der Waals surface area contributed by atoms with Gasteiger partial charge < -0.3 is 20.1 Å². The summed E-state index contributed by atoms with van der Waals surface area (Å²) in [4.78, 5) is 14.8. The van der Waals surface area contributed by atoms with E-state index in [-0.39, 0.29) is 30.9 Å². The van der Waals surface area contributed by atoms with Gasteiger partial charge in [0, 0.05) is 36.8 Å². The quantitative estimate of drug-likeness (QED) is 0.742. The Bertz CT molecular complexity index is 804. The lowest BCUT2D eigenvalue weighted by atomic mass is 10.0. The Hall–Kier alpha value is -1.99. The summed E-state index contributed by atoms with van der Waals surface area (Å²) in [5.74, 6) is 1.15. The summed E-state index contributed by atoms with van der Waals surface area (Å²) in [6.07, 6.45) is 0. The molecule has 0 aromatic heterocycles. The topological polar surface area (TPSA) is 62.8 Å². The molecule has 152 valence electrons. The SMILES string of the molecule is COc1ccc(NC(=O)CN2CCNCC2c2cccc(Cl)c2)c(OC)c1.Cl. The Kier molecular flexibility index (Phi) is 8.38. The molecule has 2 aromatic carbocycles. The van der Waals surface area contributed by atoms with Gasteiger partial charge in [-0.1, -0.05) is 23.7 Å². The molecule has 1 fully saturated rings. The highest BCUT2D eigenvalue weighted by Gasteiger charge is 2.26. The third-order valence-electron chi connectivity index (χ3n) is 4.62. The van der Waals surface area contributed by atoms with Crippen molar-refractivity contribution < 1.29 is 14.3 Å². The van der Waals surface area contributed by atoms with E-state index in [1.54, 1.807) is 32.4 Å². The lowest BCUT2D eigenvalue weighted by Crippen LogP contribution is -2.48. The van der Waals surface area contributed by atoms with Crippen LogP contribution in [0.4, 0.5) is 5.69 Å². The second-order valence-electron chi connectivity index (χ2n) is 6.36. The Morgan fingerprint density at radius 1 is 1.25 bits per heavy atom. The first-order valence-electron chi connectivity index (χ1n) is 8.83. The van der Waals surface area contributed by atoms with E-state index in [4.69, 9.17) is 21.1 Å². The van der Waals surface area contributed by atoms with Crippen LogP contribution >= 0.6 is 24.0 Å². The molecule has 1 heterocycles. The number of carbonyl (C=O) groups excluding carboxylic acids is 1. The Morgan fingerprint density at radius 3 is 2.79 bits per heavy atom. The predicted molar refractivity (Wildman–Crippen MR) is 114 cm³/mol. The molecule has 6 nitrogen and oxygen atoms in total. The minimum atomic E-state index is -0.0904. The lowest BCUT2D eigenvalue weighted by molar-refractivity contribution is -0.118. The van der Waals surface area contributed by atoms with Gasteiger partial charge in [0.2, 0.25) is 5.91 Å². The highest BCUT2D eigenvalue weighted by Crippen LogP contribution is 2.29. The molecule has 2 N–H and O–H groups in total. The van der Waals surface area contributed by atoms with Gasteiger partial charge in [-0.2, -0.15) is 0 Å². The number of ether oxygens (including phenoxy) is 2. The van der Waals surface area contributed by atoms with Crippen molar-refractivity contribution in [2.45, 2.75) is 6.04 Å². The number of hydrogen-bond donors (Lipinski definition) is 2. The molecular formula is C20H25Cl2N3O3. The summed E-state index contributed by atoms with van der Waals surface area (Å²) >= 11 is 6.14. The van der Waals surface area contributed by atoms with Crippen LogP contribution in [0.2, 0.25) is 5.02 Å². The molecule has 8 heteroatoms. The van der Waals surface area contributed by atoms with E-state index in [0.717, 1.165) is 25.2 Å². The van der Waals surface area contributed by atoms with Crippen molar-refractivity contribution in [1.29, 1.82) is 0 Å². The number of piperazine rings is 1. The van der Waals surface area contributed by atoms with Gasteiger partial charge >= 0.3 is 0 Å². The van der Waals surface area contributed by atoms with Gasteiger partial charge in [0.15, 0.2) is 0 Å². The summed E-state index contributed by atoms with van der Waals surface area (Å²) in [6.45, 7) is 2.69. The molecule has 0 spiro atoms. The van der Waals surface area contributed by atoms with Crippen LogP contribution in [0.15, 0.2) is 42.5 Å². The zero-order chi connectivity index (χ0) is 19.2. The molecule has 28 heavy (non-hydrogen) atoms. The molecule has 1 aliphatic rings. The number of hydrogen-bond acceptors (Lipinski definition) is 5. The Labute approximate surface area is 176 Å². The smallest absolute Gasteiger partial charge is 0.238 e. The molecule has 0 aliphatic carbocycles. The van der Waals surface area contributed by atoms with Crippen molar-refractivity contribution in [2.24, 2.45) is 0 Å². The van der Waals surface area contributed by atoms with Crippen LogP contribution in [0, 0.1) is 0 Å². The highest BCUT2D eigenvalue weighted by atomic mass is 35.5. The number of nitrogens with zero attached hydrogens (tertiary/aromatic N) is 1. The average Bonchev–Trinajstić information content (AvgIpc) is 2.68. The third-order valence-corrected chi connectivity index (χ3v) is 4.85. The van der Waals surface area contributed by atoms with Crippen LogP contribution in [0.25, 0.3) is 0 Å². The van der Waals surface area contributed by atoms with Gasteiger partial charge in [-0.3, -0.25) is 9.69 Å². The van der Waals surface area contributed by atoms with Crippen LogP contribution in [-0.4, -0.2) is 51.2 Å². The van der Waals surface area contributed by atoms with E-state index in [2.05, 4.69) is 15.5 Å². The minimum absolute atomic E-state index is 0. The van der Waals surface area contributed by atoms with Crippen LogP contribution in [0.3, 0.4) is 0 Å². The van der Waals surface area contributed by atoms with Crippen LogP contribution < -0.4 is 20.1 Å². The van der Waals surface area contributed by atoms with Gasteiger partial charge in [-0.15, -0.1) is 12.4 Å². The summed E-state index contributed by atoms with van der Waals surface area (Å²) in [5.41, 5.74) is 1.72. The van der Waals surface area contributed by atoms with Gasteiger partial charge in [0.25, 0.3) is 0 Å². The molecule has 1 amide bonds. The van der Waals surface area contributed by atoms with Crippen molar-refractivity contribution >= 4 is 35.6 Å². The van der Waals surface area contributed by atoms with E-state index in [1.807, 2.05) is 24.3 Å². The van der Waals surface area contributed by atoms with E-state index in [1.165, 1.54) is 0 Å². The second-order valence-corrected chi connectivity index (χ2v) is 6.80. The summed E-state index contributed by atoms with van der Waals surface area (Å²) < 4.78 is 10.5. The molecule has 3 rings (SSSR count). The number of methoxy groups -OCH3 is 2. The second kappa shape index (κ2) is 10.5. The molecule has 1 saturated heterocycles. The molecule has 1 unspecified atom stereocenters. The third kappa shape index (κ3) is 5.52. The maximum atomic E-state index is 12.7. The van der Waals surface area contributed by atoms with Gasteiger partial charge in [-0.05, 0) is 29.8 Å². The number of carbonyl (C=O) groups is 1. The fraction of sp³-hybridized carbons (Fsp3) is 0.350. The standard InChI is InChI=1S/C20H24ClN3O3.ClH/c1-26-16-6-7-17(19(11-16)27-2)23-20(25)13-24-9-8-22-12-18(24)14-4-3-5-15(21)10-14;/h3-7,10-11,18,22H,8-9,12-13H2,1-2H3,(H,23,25);1H. The maximum absolute atomic E-state index is 12.7.